The summed E-state index contributed by atoms with van der Waals surface area (Å²) >= 11 is 0. The van der Waals surface area contributed by atoms with Crippen LogP contribution in [0.5, 0.6) is 0 Å². The molecule has 1 aliphatic rings. The number of sulfonamides is 1. The Morgan fingerprint density at radius 3 is 2.81 bits per heavy atom. The number of aryl methyl sites for hydroxylation is 1. The van der Waals surface area contributed by atoms with Gasteiger partial charge >= 0.3 is 0 Å². The van der Waals surface area contributed by atoms with E-state index in [1.54, 1.807) is 14.0 Å². The SMILES string of the molecule is Cc1ncc(S(=O)(=O)N(C)C2CCNC2)[nH]1. The van der Waals surface area contributed by atoms with Crippen LogP contribution in [0.25, 0.3) is 0 Å². The molecule has 1 aromatic rings. The van der Waals surface area contributed by atoms with Crippen molar-refractivity contribution < 1.29 is 8.42 Å². The number of likely N-dealkylation sites (N-methyl/N-ethyl adjacent to an activating group) is 1. The Balaban J connectivity index is 2.24. The van der Waals surface area contributed by atoms with Gasteiger partial charge in [-0.1, -0.05) is 0 Å². The monoisotopic (exact) mass is 244 g/mol. The number of H-pyrrole nitrogens is 1. The molecule has 2 rings (SSSR count). The predicted octanol–water partition coefficient (Wildman–Crippen LogP) is -0.299. The minimum atomic E-state index is -3.43. The fourth-order valence-electron chi connectivity index (χ4n) is 1.83. The maximum Gasteiger partial charge on any atom is 0.260 e. The molecule has 0 aliphatic carbocycles. The summed E-state index contributed by atoms with van der Waals surface area (Å²) in [6.07, 6.45) is 2.21. The summed E-state index contributed by atoms with van der Waals surface area (Å²) in [5.74, 6) is 0.608. The van der Waals surface area contributed by atoms with Gasteiger partial charge in [-0.15, -0.1) is 0 Å². The third-order valence-electron chi connectivity index (χ3n) is 2.89. The van der Waals surface area contributed by atoms with Crippen LogP contribution in [0.4, 0.5) is 0 Å². The smallest absolute Gasteiger partial charge is 0.260 e. The lowest BCUT2D eigenvalue weighted by Crippen LogP contribution is -2.38. The van der Waals surface area contributed by atoms with Gasteiger partial charge in [-0.05, 0) is 19.9 Å². The molecule has 1 aromatic heterocycles. The zero-order valence-corrected chi connectivity index (χ0v) is 10.2. The first kappa shape index (κ1) is 11.6. The van der Waals surface area contributed by atoms with Gasteiger partial charge in [0, 0.05) is 19.6 Å². The lowest BCUT2D eigenvalue weighted by molar-refractivity contribution is 0.386. The molecule has 0 saturated carbocycles. The van der Waals surface area contributed by atoms with E-state index < -0.39 is 10.0 Å². The molecule has 90 valence electrons. The Bertz CT molecular complexity index is 462. The number of hydrogen-bond acceptors (Lipinski definition) is 4. The van der Waals surface area contributed by atoms with Crippen molar-refractivity contribution >= 4 is 10.0 Å². The van der Waals surface area contributed by atoms with E-state index in [1.807, 2.05) is 0 Å². The average Bonchev–Trinajstić information content (AvgIpc) is 2.86. The minimum Gasteiger partial charge on any atom is -0.332 e. The van der Waals surface area contributed by atoms with E-state index in [-0.39, 0.29) is 11.1 Å². The summed E-state index contributed by atoms with van der Waals surface area (Å²) in [7, 11) is -1.81. The first-order valence-corrected chi connectivity index (χ1v) is 6.66. The summed E-state index contributed by atoms with van der Waals surface area (Å²) in [4.78, 5) is 6.67. The standard InChI is InChI=1S/C9H16N4O2S/c1-7-11-6-9(12-7)16(14,15)13(2)8-3-4-10-5-8/h6,8,10H,3-5H2,1-2H3,(H,11,12). The van der Waals surface area contributed by atoms with Crippen LogP contribution in [-0.4, -0.2) is 48.9 Å². The molecule has 2 heterocycles. The summed E-state index contributed by atoms with van der Waals surface area (Å²) in [5.41, 5.74) is 0. The van der Waals surface area contributed by atoms with Gasteiger partial charge in [0.25, 0.3) is 10.0 Å². The second-order valence-electron chi connectivity index (χ2n) is 4.00. The van der Waals surface area contributed by atoms with E-state index in [1.165, 1.54) is 10.5 Å². The van der Waals surface area contributed by atoms with Crippen LogP contribution in [0.15, 0.2) is 11.2 Å². The van der Waals surface area contributed by atoms with Gasteiger partial charge in [0.05, 0.1) is 6.20 Å². The fraction of sp³-hybridized carbons (Fsp3) is 0.667. The zero-order chi connectivity index (χ0) is 11.8. The number of nitrogens with one attached hydrogen (secondary N) is 2. The topological polar surface area (TPSA) is 78.1 Å². The number of rotatable bonds is 3. The molecule has 0 radical (unpaired) electrons. The second kappa shape index (κ2) is 4.15. The summed E-state index contributed by atoms with van der Waals surface area (Å²) in [6.45, 7) is 3.31. The Kier molecular flexibility index (Phi) is 3.00. The maximum atomic E-state index is 12.2. The average molecular weight is 244 g/mol. The molecule has 0 amide bonds. The Morgan fingerprint density at radius 2 is 2.31 bits per heavy atom. The van der Waals surface area contributed by atoms with Crippen molar-refractivity contribution in [3.05, 3.63) is 12.0 Å². The number of imidazole rings is 1. The number of nitrogens with zero attached hydrogens (tertiary/aromatic N) is 2. The van der Waals surface area contributed by atoms with Crippen molar-refractivity contribution in [2.75, 3.05) is 20.1 Å². The van der Waals surface area contributed by atoms with Crippen molar-refractivity contribution in [1.29, 1.82) is 0 Å². The normalized spacial score (nSPS) is 21.8. The van der Waals surface area contributed by atoms with Crippen LogP contribution in [0.1, 0.15) is 12.2 Å². The number of aromatic nitrogens is 2. The van der Waals surface area contributed by atoms with Crippen molar-refractivity contribution in [3.63, 3.8) is 0 Å². The Morgan fingerprint density at radius 1 is 1.56 bits per heavy atom. The van der Waals surface area contributed by atoms with Crippen LogP contribution in [-0.2, 0) is 10.0 Å². The second-order valence-corrected chi connectivity index (χ2v) is 5.97. The van der Waals surface area contributed by atoms with E-state index in [0.29, 0.717) is 12.4 Å². The summed E-state index contributed by atoms with van der Waals surface area (Å²) in [6, 6.07) is 0.0357. The van der Waals surface area contributed by atoms with Crippen LogP contribution in [0, 0.1) is 6.92 Å². The van der Waals surface area contributed by atoms with Crippen molar-refractivity contribution in [2.24, 2.45) is 0 Å². The highest BCUT2D eigenvalue weighted by atomic mass is 32.2. The van der Waals surface area contributed by atoms with E-state index in [4.69, 9.17) is 0 Å². The van der Waals surface area contributed by atoms with Gasteiger partial charge in [-0.3, -0.25) is 0 Å². The summed E-state index contributed by atoms with van der Waals surface area (Å²) < 4.78 is 25.7. The van der Waals surface area contributed by atoms with Crippen molar-refractivity contribution in [3.8, 4) is 0 Å². The molecule has 2 N–H and O–H groups in total. The molecule has 16 heavy (non-hydrogen) atoms. The predicted molar refractivity (Wildman–Crippen MR) is 59.5 cm³/mol. The third kappa shape index (κ3) is 1.98. The molecule has 7 heteroatoms. The van der Waals surface area contributed by atoms with Crippen molar-refractivity contribution in [2.45, 2.75) is 24.4 Å². The molecule has 1 fully saturated rings. The van der Waals surface area contributed by atoms with Gasteiger partial charge < -0.3 is 10.3 Å². The lowest BCUT2D eigenvalue weighted by atomic mass is 10.3. The molecule has 1 atom stereocenters. The molecule has 0 spiro atoms. The quantitative estimate of drug-likeness (QED) is 0.765. The largest absolute Gasteiger partial charge is 0.332 e. The highest BCUT2D eigenvalue weighted by Gasteiger charge is 2.30. The first-order valence-electron chi connectivity index (χ1n) is 5.22. The highest BCUT2D eigenvalue weighted by molar-refractivity contribution is 7.89. The van der Waals surface area contributed by atoms with Gasteiger partial charge in [-0.2, -0.15) is 4.31 Å². The van der Waals surface area contributed by atoms with Crippen LogP contribution >= 0.6 is 0 Å². The molecular weight excluding hydrogens is 228 g/mol. The van der Waals surface area contributed by atoms with E-state index in [9.17, 15) is 8.42 Å². The number of hydrogen-bond donors (Lipinski definition) is 2. The maximum absolute atomic E-state index is 12.2. The lowest BCUT2D eigenvalue weighted by Gasteiger charge is -2.21. The molecule has 1 aliphatic heterocycles. The van der Waals surface area contributed by atoms with Gasteiger partial charge in [0.2, 0.25) is 0 Å². The van der Waals surface area contributed by atoms with Gasteiger partial charge in [-0.25, -0.2) is 13.4 Å². The molecule has 0 aromatic carbocycles. The van der Waals surface area contributed by atoms with Gasteiger partial charge in [0.15, 0.2) is 5.03 Å². The van der Waals surface area contributed by atoms with Gasteiger partial charge in [0.1, 0.15) is 5.82 Å². The van der Waals surface area contributed by atoms with Crippen LogP contribution < -0.4 is 5.32 Å². The molecule has 1 unspecified atom stereocenters. The molecule has 6 nitrogen and oxygen atoms in total. The molecule has 0 bridgehead atoms. The van der Waals surface area contributed by atoms with E-state index in [2.05, 4.69) is 15.3 Å². The fourth-order valence-corrected chi connectivity index (χ4v) is 3.18. The zero-order valence-electron chi connectivity index (χ0n) is 9.40. The molecular formula is C9H16N4O2S. The van der Waals surface area contributed by atoms with E-state index >= 15 is 0 Å². The Labute approximate surface area is 95.1 Å². The highest BCUT2D eigenvalue weighted by Crippen LogP contribution is 2.17. The van der Waals surface area contributed by atoms with Crippen LogP contribution in [0.2, 0.25) is 0 Å². The first-order chi connectivity index (χ1) is 7.51. The number of aromatic amines is 1. The Hall–Kier alpha value is -0.920. The van der Waals surface area contributed by atoms with Crippen LogP contribution in [0.3, 0.4) is 0 Å². The molecule has 1 saturated heterocycles. The third-order valence-corrected chi connectivity index (χ3v) is 4.70. The van der Waals surface area contributed by atoms with E-state index in [0.717, 1.165) is 13.0 Å². The summed E-state index contributed by atoms with van der Waals surface area (Å²) in [5, 5.41) is 3.32. The van der Waals surface area contributed by atoms with Crippen molar-refractivity contribution in [1.82, 2.24) is 19.6 Å². The minimum absolute atomic E-state index is 0.0357.